The number of aromatic nitrogens is 1. The van der Waals surface area contributed by atoms with Crippen molar-refractivity contribution >= 4 is 15.7 Å². The van der Waals surface area contributed by atoms with Gasteiger partial charge in [0, 0.05) is 19.4 Å². The van der Waals surface area contributed by atoms with E-state index in [1.165, 1.54) is 24.1 Å². The van der Waals surface area contributed by atoms with Crippen molar-refractivity contribution in [3.05, 3.63) is 59.8 Å². The van der Waals surface area contributed by atoms with E-state index in [4.69, 9.17) is 14.0 Å². The molecule has 0 N–H and O–H groups in total. The van der Waals surface area contributed by atoms with Crippen LogP contribution in [0.3, 0.4) is 0 Å². The van der Waals surface area contributed by atoms with Crippen LogP contribution in [-0.2, 0) is 9.84 Å². The molecule has 31 heavy (non-hydrogen) atoms. The van der Waals surface area contributed by atoms with E-state index < -0.39 is 9.84 Å². The molecule has 3 rings (SSSR count). The molecule has 0 bridgehead atoms. The highest BCUT2D eigenvalue weighted by Gasteiger charge is 2.24. The topological polar surface area (TPSA) is 98.9 Å². The molecule has 3 aromatic rings. The maximum Gasteiger partial charge on any atom is 0.276 e. The number of carbonyl (C=O) groups is 1. The highest BCUT2D eigenvalue weighted by Crippen LogP contribution is 2.34. The normalized spacial score (nSPS) is 12.3. The molecule has 0 spiro atoms. The molecule has 1 unspecified atom stereocenters. The van der Waals surface area contributed by atoms with Gasteiger partial charge in [-0.2, -0.15) is 0 Å². The molecule has 164 valence electrons. The van der Waals surface area contributed by atoms with Gasteiger partial charge in [-0.15, -0.1) is 0 Å². The first-order valence-corrected chi connectivity index (χ1v) is 11.3. The van der Waals surface area contributed by atoms with Crippen LogP contribution in [0.5, 0.6) is 11.5 Å². The van der Waals surface area contributed by atoms with Gasteiger partial charge in [-0.05, 0) is 42.8 Å². The molecule has 0 aliphatic carbocycles. The number of hydrogen-bond acceptors (Lipinski definition) is 7. The van der Waals surface area contributed by atoms with Crippen molar-refractivity contribution in [2.75, 3.05) is 27.5 Å². The Hall–Kier alpha value is -3.33. The lowest BCUT2D eigenvalue weighted by molar-refractivity contribution is 0.0732. The molecule has 0 radical (unpaired) electrons. The van der Waals surface area contributed by atoms with E-state index in [-0.39, 0.29) is 22.5 Å². The average Bonchev–Trinajstić information content (AvgIpc) is 3.26. The second kappa shape index (κ2) is 8.81. The molecular formula is C22H24N2O6S. The molecule has 0 aliphatic rings. The van der Waals surface area contributed by atoms with Crippen molar-refractivity contribution in [1.82, 2.24) is 10.1 Å². The zero-order valence-electron chi connectivity index (χ0n) is 17.9. The fraction of sp³-hybridized carbons (Fsp3) is 0.273. The van der Waals surface area contributed by atoms with Crippen LogP contribution in [0.15, 0.2) is 57.9 Å². The largest absolute Gasteiger partial charge is 0.497 e. The summed E-state index contributed by atoms with van der Waals surface area (Å²) in [6.07, 6.45) is 1.15. The molecule has 1 atom stereocenters. The molecule has 1 aromatic heterocycles. The average molecular weight is 445 g/mol. The van der Waals surface area contributed by atoms with Gasteiger partial charge in [0.1, 0.15) is 11.5 Å². The standard InChI is InChI=1S/C22H24N2O6S/c1-14(15-6-9-17(10-7-15)31(5,26)27)24(2)22(25)19-13-21(30-23-19)18-12-16(28-3)8-11-20(18)29-4/h6-14H,1-5H3. The van der Waals surface area contributed by atoms with Gasteiger partial charge in [0.05, 0.1) is 30.7 Å². The monoisotopic (exact) mass is 444 g/mol. The van der Waals surface area contributed by atoms with E-state index in [2.05, 4.69) is 5.16 Å². The molecule has 0 saturated heterocycles. The lowest BCUT2D eigenvalue weighted by atomic mass is 10.1. The van der Waals surface area contributed by atoms with Crippen LogP contribution >= 0.6 is 0 Å². The third kappa shape index (κ3) is 4.72. The Balaban J connectivity index is 1.83. The zero-order chi connectivity index (χ0) is 22.8. The molecule has 2 aromatic carbocycles. The van der Waals surface area contributed by atoms with E-state index >= 15 is 0 Å². The summed E-state index contributed by atoms with van der Waals surface area (Å²) in [4.78, 5) is 14.7. The van der Waals surface area contributed by atoms with Crippen molar-refractivity contribution < 1.29 is 27.2 Å². The molecule has 9 heteroatoms. The summed E-state index contributed by atoms with van der Waals surface area (Å²) in [5, 5.41) is 3.93. The highest BCUT2D eigenvalue weighted by molar-refractivity contribution is 7.90. The molecule has 0 fully saturated rings. The summed E-state index contributed by atoms with van der Waals surface area (Å²) in [7, 11) is 1.46. The number of nitrogens with zero attached hydrogens (tertiary/aromatic N) is 2. The van der Waals surface area contributed by atoms with Crippen molar-refractivity contribution in [1.29, 1.82) is 0 Å². The predicted molar refractivity (Wildman–Crippen MR) is 115 cm³/mol. The summed E-state index contributed by atoms with van der Waals surface area (Å²) >= 11 is 0. The number of ether oxygens (including phenoxy) is 2. The number of rotatable bonds is 7. The Bertz CT molecular complexity index is 1180. The third-order valence-corrected chi connectivity index (χ3v) is 6.22. The van der Waals surface area contributed by atoms with E-state index in [0.717, 1.165) is 11.8 Å². The van der Waals surface area contributed by atoms with Crippen molar-refractivity contribution in [3.8, 4) is 22.8 Å². The van der Waals surface area contributed by atoms with Crippen molar-refractivity contribution in [2.45, 2.75) is 17.9 Å². The number of sulfone groups is 1. The quantitative estimate of drug-likeness (QED) is 0.549. The van der Waals surface area contributed by atoms with E-state index in [1.54, 1.807) is 50.6 Å². The first kappa shape index (κ1) is 22.4. The third-order valence-electron chi connectivity index (χ3n) is 5.09. The Labute approximate surface area is 181 Å². The van der Waals surface area contributed by atoms with Gasteiger partial charge in [0.15, 0.2) is 21.3 Å². The minimum atomic E-state index is -3.28. The van der Waals surface area contributed by atoms with E-state index in [1.807, 2.05) is 6.92 Å². The first-order chi connectivity index (χ1) is 14.7. The summed E-state index contributed by atoms with van der Waals surface area (Å²) in [5.74, 6) is 1.21. The van der Waals surface area contributed by atoms with Crippen molar-refractivity contribution in [2.24, 2.45) is 0 Å². The minimum Gasteiger partial charge on any atom is -0.497 e. The van der Waals surface area contributed by atoms with Crippen LogP contribution in [0.4, 0.5) is 0 Å². The summed E-state index contributed by atoms with van der Waals surface area (Å²) in [6, 6.07) is 12.9. The van der Waals surface area contributed by atoms with E-state index in [9.17, 15) is 13.2 Å². The molecule has 0 saturated carbocycles. The maximum absolute atomic E-state index is 13.0. The second-order valence-corrected chi connectivity index (χ2v) is 9.09. The summed E-state index contributed by atoms with van der Waals surface area (Å²) in [5.41, 5.74) is 1.55. The van der Waals surface area contributed by atoms with Gasteiger partial charge in [-0.25, -0.2) is 8.42 Å². The molecular weight excluding hydrogens is 420 g/mol. The number of carbonyl (C=O) groups excluding carboxylic acids is 1. The van der Waals surface area contributed by atoms with Gasteiger partial charge < -0.3 is 18.9 Å². The van der Waals surface area contributed by atoms with Gasteiger partial charge in [0.2, 0.25) is 0 Å². The van der Waals surface area contributed by atoms with Gasteiger partial charge in [-0.3, -0.25) is 4.79 Å². The van der Waals surface area contributed by atoms with Crippen LogP contribution < -0.4 is 9.47 Å². The lowest BCUT2D eigenvalue weighted by Crippen LogP contribution is -2.29. The number of amides is 1. The van der Waals surface area contributed by atoms with Gasteiger partial charge >= 0.3 is 0 Å². The molecule has 8 nitrogen and oxygen atoms in total. The number of hydrogen-bond donors (Lipinski definition) is 0. The highest BCUT2D eigenvalue weighted by atomic mass is 32.2. The second-order valence-electron chi connectivity index (χ2n) is 7.08. The number of benzene rings is 2. The predicted octanol–water partition coefficient (Wildman–Crippen LogP) is 3.60. The Kier molecular flexibility index (Phi) is 6.35. The van der Waals surface area contributed by atoms with Crippen LogP contribution in [0, 0.1) is 0 Å². The summed E-state index contributed by atoms with van der Waals surface area (Å²) < 4.78 is 39.3. The summed E-state index contributed by atoms with van der Waals surface area (Å²) in [6.45, 7) is 1.85. The molecule has 1 heterocycles. The molecule has 1 amide bonds. The Morgan fingerprint density at radius 2 is 1.74 bits per heavy atom. The smallest absolute Gasteiger partial charge is 0.276 e. The number of methoxy groups -OCH3 is 2. The molecule has 0 aliphatic heterocycles. The fourth-order valence-electron chi connectivity index (χ4n) is 3.08. The first-order valence-electron chi connectivity index (χ1n) is 9.42. The SMILES string of the molecule is COc1ccc(OC)c(-c2cc(C(=O)N(C)C(C)c3ccc(S(C)(=O)=O)cc3)no2)c1. The van der Waals surface area contributed by atoms with Crippen LogP contribution in [-0.4, -0.2) is 51.9 Å². The van der Waals surface area contributed by atoms with Crippen molar-refractivity contribution in [3.63, 3.8) is 0 Å². The van der Waals surface area contributed by atoms with Gasteiger partial charge in [-0.1, -0.05) is 17.3 Å². The van der Waals surface area contributed by atoms with Crippen LogP contribution in [0.2, 0.25) is 0 Å². The van der Waals surface area contributed by atoms with Gasteiger partial charge in [0.25, 0.3) is 5.91 Å². The van der Waals surface area contributed by atoms with E-state index in [0.29, 0.717) is 22.8 Å². The fourth-order valence-corrected chi connectivity index (χ4v) is 3.71. The lowest BCUT2D eigenvalue weighted by Gasteiger charge is -2.24. The van der Waals surface area contributed by atoms with Crippen LogP contribution in [0.25, 0.3) is 11.3 Å². The maximum atomic E-state index is 13.0. The Morgan fingerprint density at radius 1 is 1.06 bits per heavy atom. The Morgan fingerprint density at radius 3 is 2.32 bits per heavy atom. The zero-order valence-corrected chi connectivity index (χ0v) is 18.8. The minimum absolute atomic E-state index is 0.141. The van der Waals surface area contributed by atoms with Crippen LogP contribution in [0.1, 0.15) is 29.0 Å².